The van der Waals surface area contributed by atoms with Gasteiger partial charge in [-0.05, 0) is 40.5 Å². The van der Waals surface area contributed by atoms with Crippen molar-refractivity contribution in [3.8, 4) is 0 Å². The van der Waals surface area contributed by atoms with Crippen LogP contribution in [0.5, 0.6) is 0 Å². The molecule has 4 unspecified atom stereocenters. The number of para-hydroxylation sites is 1. The van der Waals surface area contributed by atoms with Crippen molar-refractivity contribution in [3.05, 3.63) is 138 Å². The summed E-state index contributed by atoms with van der Waals surface area (Å²) in [5.41, 5.74) is 2.81. The highest BCUT2D eigenvalue weighted by atomic mass is 32.2. The van der Waals surface area contributed by atoms with Gasteiger partial charge in [-0.25, -0.2) is 0 Å². The fourth-order valence-corrected chi connectivity index (χ4v) is 7.78. The van der Waals surface area contributed by atoms with Crippen LogP contribution in [-0.4, -0.2) is 50.6 Å². The normalized spacial score (nSPS) is 22.6. The number of carboxylic acids is 1. The van der Waals surface area contributed by atoms with Crippen LogP contribution >= 0.6 is 11.8 Å². The lowest BCUT2D eigenvalue weighted by Crippen LogP contribution is -2.57. The molecule has 5 aromatic rings. The average molecular weight is 628 g/mol. The number of H-pyrrole nitrogens is 1. The van der Waals surface area contributed by atoms with Crippen molar-refractivity contribution in [2.24, 2.45) is 11.8 Å². The summed E-state index contributed by atoms with van der Waals surface area (Å²) >= 11 is 1.56. The number of nitrogens with one attached hydrogen (secondary N) is 2. The summed E-state index contributed by atoms with van der Waals surface area (Å²) < 4.78 is 0. The van der Waals surface area contributed by atoms with Crippen molar-refractivity contribution < 1.29 is 19.5 Å². The van der Waals surface area contributed by atoms with Gasteiger partial charge in [0.05, 0.1) is 11.8 Å². The number of carbonyl (C=O) groups is 3. The van der Waals surface area contributed by atoms with Crippen molar-refractivity contribution in [1.82, 2.24) is 15.2 Å². The van der Waals surface area contributed by atoms with Gasteiger partial charge in [-0.3, -0.25) is 24.6 Å². The zero-order valence-corrected chi connectivity index (χ0v) is 25.8. The van der Waals surface area contributed by atoms with E-state index in [0.717, 1.165) is 38.1 Å². The van der Waals surface area contributed by atoms with Gasteiger partial charge in [-0.15, -0.1) is 11.8 Å². The quantitative estimate of drug-likeness (QED) is 0.0936. The van der Waals surface area contributed by atoms with Gasteiger partial charge in [0, 0.05) is 46.8 Å². The SMILES string of the molecule is O=C1C2C(c3ccc(C=Cc4ccccc4)cc3)NC(Cc3c[nH]c4ccccc34)(C(=O)O)C2C(=O)N1CCSc1ccccc1. The van der Waals surface area contributed by atoms with E-state index in [9.17, 15) is 19.5 Å². The molecule has 3 N–H and O–H groups in total. The van der Waals surface area contributed by atoms with Crippen LogP contribution in [0.15, 0.2) is 120 Å². The first-order valence-corrected chi connectivity index (χ1v) is 16.4. The first-order chi connectivity index (χ1) is 22.4. The Hall–Kier alpha value is -4.92. The molecule has 2 aliphatic rings. The predicted octanol–water partition coefficient (Wildman–Crippen LogP) is 6.44. The second-order valence-electron chi connectivity index (χ2n) is 11.8. The fraction of sp³-hybridized carbons (Fsp3) is 0.184. The summed E-state index contributed by atoms with van der Waals surface area (Å²) in [5.74, 6) is -3.28. The lowest BCUT2D eigenvalue weighted by Gasteiger charge is -2.31. The van der Waals surface area contributed by atoms with E-state index in [0.29, 0.717) is 5.75 Å². The maximum Gasteiger partial charge on any atom is 0.325 e. The first-order valence-electron chi connectivity index (χ1n) is 15.4. The monoisotopic (exact) mass is 627 g/mol. The van der Waals surface area contributed by atoms with Crippen LogP contribution < -0.4 is 5.32 Å². The van der Waals surface area contributed by atoms with Crippen LogP contribution in [0.4, 0.5) is 0 Å². The van der Waals surface area contributed by atoms with E-state index < -0.39 is 35.3 Å². The average Bonchev–Trinajstić information content (AvgIpc) is 3.73. The topological polar surface area (TPSA) is 102 Å². The Bertz CT molecular complexity index is 1920. The highest BCUT2D eigenvalue weighted by Gasteiger charge is 2.68. The number of fused-ring (bicyclic) bond motifs is 2. The third-order valence-electron chi connectivity index (χ3n) is 9.16. The number of benzene rings is 4. The van der Waals surface area contributed by atoms with Crippen LogP contribution in [0.1, 0.15) is 28.3 Å². The van der Waals surface area contributed by atoms with Crippen LogP contribution in [0.2, 0.25) is 0 Å². The molecule has 46 heavy (non-hydrogen) atoms. The minimum Gasteiger partial charge on any atom is -0.480 e. The van der Waals surface area contributed by atoms with Crippen molar-refractivity contribution >= 4 is 52.6 Å². The summed E-state index contributed by atoms with van der Waals surface area (Å²) in [5, 5.41) is 15.2. The molecule has 1 aromatic heterocycles. The molecule has 230 valence electrons. The number of aliphatic carboxylic acids is 1. The van der Waals surface area contributed by atoms with E-state index in [1.807, 2.05) is 128 Å². The minimum atomic E-state index is -1.68. The summed E-state index contributed by atoms with van der Waals surface area (Å²) in [6.45, 7) is 0.211. The van der Waals surface area contributed by atoms with Crippen molar-refractivity contribution in [2.75, 3.05) is 12.3 Å². The molecule has 2 fully saturated rings. The molecule has 0 radical (unpaired) electrons. The zero-order valence-electron chi connectivity index (χ0n) is 25.0. The number of carboxylic acid groups (broad SMARTS) is 1. The summed E-state index contributed by atoms with van der Waals surface area (Å²) in [4.78, 5) is 47.2. The third kappa shape index (κ3) is 5.44. The second kappa shape index (κ2) is 12.5. The van der Waals surface area contributed by atoms with Gasteiger partial charge >= 0.3 is 5.97 Å². The molecule has 0 spiro atoms. The first kappa shape index (κ1) is 29.8. The Balaban J connectivity index is 1.22. The molecular formula is C38H33N3O4S. The van der Waals surface area contributed by atoms with Gasteiger partial charge in [0.2, 0.25) is 11.8 Å². The van der Waals surface area contributed by atoms with Gasteiger partial charge in [0.15, 0.2) is 0 Å². The molecule has 0 bridgehead atoms. The van der Waals surface area contributed by atoms with Gasteiger partial charge < -0.3 is 10.1 Å². The van der Waals surface area contributed by atoms with Gasteiger partial charge in [0.1, 0.15) is 5.54 Å². The number of nitrogens with zero attached hydrogens (tertiary/aromatic N) is 1. The largest absolute Gasteiger partial charge is 0.480 e. The Morgan fingerprint density at radius 2 is 1.48 bits per heavy atom. The predicted molar refractivity (Wildman–Crippen MR) is 181 cm³/mol. The lowest BCUT2D eigenvalue weighted by molar-refractivity contribution is -0.151. The van der Waals surface area contributed by atoms with E-state index in [1.165, 1.54) is 4.90 Å². The van der Waals surface area contributed by atoms with Crippen LogP contribution in [0.25, 0.3) is 23.1 Å². The maximum absolute atomic E-state index is 14.2. The number of amides is 2. The maximum atomic E-state index is 14.2. The summed E-state index contributed by atoms with van der Waals surface area (Å²) in [7, 11) is 0. The number of rotatable bonds is 10. The molecule has 8 heteroatoms. The fourth-order valence-electron chi connectivity index (χ4n) is 6.93. The molecule has 7 nitrogen and oxygen atoms in total. The smallest absolute Gasteiger partial charge is 0.325 e. The highest BCUT2D eigenvalue weighted by Crippen LogP contribution is 2.50. The molecule has 7 rings (SSSR count). The van der Waals surface area contributed by atoms with Crippen LogP contribution in [0, 0.1) is 11.8 Å². The molecule has 0 saturated carbocycles. The van der Waals surface area contributed by atoms with E-state index in [1.54, 1.807) is 11.8 Å². The van der Waals surface area contributed by atoms with E-state index in [-0.39, 0.29) is 18.9 Å². The Kier molecular flexibility index (Phi) is 8.07. The molecule has 0 aliphatic carbocycles. The minimum absolute atomic E-state index is 0.0491. The van der Waals surface area contributed by atoms with Crippen LogP contribution in [-0.2, 0) is 20.8 Å². The van der Waals surface area contributed by atoms with Crippen LogP contribution in [0.3, 0.4) is 0 Å². The summed E-state index contributed by atoms with van der Waals surface area (Å²) in [6.07, 6.45) is 5.90. The standard InChI is InChI=1S/C38H33N3O4S/c42-35-32-33(36(43)41(35)21-22-46-29-11-5-2-6-12-29)38(37(44)45,23-28-24-39-31-14-8-7-13-30(28)31)40-34(32)27-19-17-26(18-20-27)16-15-25-9-3-1-4-10-25/h1-20,24,32-34,39-40H,21-23H2,(H,44,45). The zero-order chi connectivity index (χ0) is 31.7. The Morgan fingerprint density at radius 3 is 2.20 bits per heavy atom. The van der Waals surface area contributed by atoms with Gasteiger partial charge in [0.25, 0.3) is 0 Å². The molecular weight excluding hydrogens is 595 g/mol. The van der Waals surface area contributed by atoms with E-state index >= 15 is 0 Å². The van der Waals surface area contributed by atoms with Crippen molar-refractivity contribution in [3.63, 3.8) is 0 Å². The van der Waals surface area contributed by atoms with Gasteiger partial charge in [-0.2, -0.15) is 0 Å². The number of hydrogen-bond donors (Lipinski definition) is 3. The Morgan fingerprint density at radius 1 is 0.826 bits per heavy atom. The lowest BCUT2D eigenvalue weighted by atomic mass is 9.76. The molecule has 4 aromatic carbocycles. The van der Waals surface area contributed by atoms with Gasteiger partial charge in [-0.1, -0.05) is 103 Å². The molecule has 3 heterocycles. The molecule has 4 atom stereocenters. The molecule has 2 saturated heterocycles. The highest BCUT2D eigenvalue weighted by molar-refractivity contribution is 7.99. The Labute approximate surface area is 271 Å². The van der Waals surface area contributed by atoms with E-state index in [4.69, 9.17) is 0 Å². The van der Waals surface area contributed by atoms with Crippen molar-refractivity contribution in [2.45, 2.75) is 22.9 Å². The number of hydrogen-bond acceptors (Lipinski definition) is 5. The number of likely N-dealkylation sites (tertiary alicyclic amines) is 1. The number of thioether (sulfide) groups is 1. The van der Waals surface area contributed by atoms with E-state index in [2.05, 4.69) is 10.3 Å². The molecule has 2 amide bonds. The second-order valence-corrected chi connectivity index (χ2v) is 13.0. The number of imide groups is 1. The number of aromatic nitrogens is 1. The number of carbonyl (C=O) groups excluding carboxylic acids is 2. The number of aromatic amines is 1. The van der Waals surface area contributed by atoms with Crippen molar-refractivity contribution in [1.29, 1.82) is 0 Å². The third-order valence-corrected chi connectivity index (χ3v) is 10.2. The molecule has 2 aliphatic heterocycles. The summed E-state index contributed by atoms with van der Waals surface area (Å²) in [6, 6.07) is 34.6.